The van der Waals surface area contributed by atoms with Crippen LogP contribution < -0.4 is 5.11 Å². The Bertz CT molecular complexity index is 322. The normalized spacial score (nSPS) is 15.1. The maximum Gasteiger partial charge on any atom is 0.106 e. The minimum absolute atomic E-state index is 0.417. The van der Waals surface area contributed by atoms with Gasteiger partial charge in [-0.25, -0.2) is 0 Å². The fourth-order valence-electron chi connectivity index (χ4n) is 3.22. The van der Waals surface area contributed by atoms with Gasteiger partial charge in [-0.2, -0.15) is 0 Å². The maximum absolute atomic E-state index is 11.1. The Morgan fingerprint density at radius 2 is 1.68 bits per heavy atom. The average molecular weight is 313 g/mol. The summed E-state index contributed by atoms with van der Waals surface area (Å²) in [5.41, 5.74) is 0. The largest absolute Gasteiger partial charge is 0.550 e. The lowest BCUT2D eigenvalue weighted by Gasteiger charge is -2.41. The third-order valence-corrected chi connectivity index (χ3v) is 4.09. The summed E-state index contributed by atoms with van der Waals surface area (Å²) in [4.78, 5) is 11.1. The van der Waals surface area contributed by atoms with Crippen LogP contribution in [-0.2, 0) is 4.79 Å². The number of unbranched alkanes of at least 4 members (excludes halogenated alkanes) is 1. The Morgan fingerprint density at radius 3 is 2.14 bits per heavy atom. The van der Waals surface area contributed by atoms with Crippen molar-refractivity contribution in [1.82, 2.24) is 0 Å². The molecule has 0 aliphatic heterocycles. The van der Waals surface area contributed by atoms with Gasteiger partial charge in [-0.3, -0.25) is 0 Å². The molecule has 2 atom stereocenters. The zero-order valence-corrected chi connectivity index (χ0v) is 14.9. The first-order valence-corrected chi connectivity index (χ1v) is 8.79. The molecule has 0 saturated carbocycles. The predicted molar refractivity (Wildman–Crippen MR) is 89.2 cm³/mol. The average Bonchev–Trinajstić information content (AvgIpc) is 2.44. The number of carbonyl (C=O) groups excluding carboxylic acids is 1. The van der Waals surface area contributed by atoms with Crippen LogP contribution >= 0.6 is 0 Å². The van der Waals surface area contributed by atoms with E-state index in [1.807, 2.05) is 6.08 Å². The number of quaternary nitrogens is 1. The van der Waals surface area contributed by atoms with Gasteiger partial charge in [0.15, 0.2) is 0 Å². The van der Waals surface area contributed by atoms with Gasteiger partial charge in [0.25, 0.3) is 0 Å². The van der Waals surface area contributed by atoms with Crippen molar-refractivity contribution in [3.8, 4) is 0 Å². The molecule has 0 aromatic carbocycles. The predicted octanol–water partition coefficient (Wildman–Crippen LogP) is 2.12. The number of hydrogen-bond acceptors (Lipinski definition) is 3. The highest BCUT2D eigenvalue weighted by molar-refractivity contribution is 5.67. The van der Waals surface area contributed by atoms with Crippen molar-refractivity contribution >= 4 is 5.97 Å². The second-order valence-electron chi connectivity index (χ2n) is 6.52. The van der Waals surface area contributed by atoms with Gasteiger partial charge in [0, 0.05) is 11.9 Å². The second-order valence-corrected chi connectivity index (χ2v) is 6.52. The van der Waals surface area contributed by atoms with Crippen LogP contribution in [-0.4, -0.2) is 47.8 Å². The van der Waals surface area contributed by atoms with Gasteiger partial charge in [-0.1, -0.05) is 46.3 Å². The molecule has 130 valence electrons. The molecule has 0 amide bonds. The molecule has 0 aromatic heterocycles. The highest BCUT2D eigenvalue weighted by Gasteiger charge is 2.30. The number of carboxylic acid groups (broad SMARTS) is 1. The molecule has 22 heavy (non-hydrogen) atoms. The number of hydrogen-bond donors (Lipinski definition) is 1. The van der Waals surface area contributed by atoms with Crippen molar-refractivity contribution in [3.05, 3.63) is 12.2 Å². The Hall–Kier alpha value is -0.870. The summed E-state index contributed by atoms with van der Waals surface area (Å²) < 4.78 is 0.672. The minimum Gasteiger partial charge on any atom is -0.550 e. The summed E-state index contributed by atoms with van der Waals surface area (Å²) >= 11 is 0. The summed E-state index contributed by atoms with van der Waals surface area (Å²) in [6.45, 7) is 11.0. The Morgan fingerprint density at radius 1 is 1.09 bits per heavy atom. The van der Waals surface area contributed by atoms with Gasteiger partial charge in [0.05, 0.1) is 19.6 Å². The number of aliphatic hydroxyl groups excluding tert-OH is 1. The number of aliphatic hydroxyl groups is 1. The molecular weight excluding hydrogens is 278 g/mol. The fraction of sp³-hybridized carbons (Fsp3) is 0.833. The van der Waals surface area contributed by atoms with Gasteiger partial charge in [0.2, 0.25) is 0 Å². The lowest BCUT2D eigenvalue weighted by molar-refractivity contribution is -0.933. The van der Waals surface area contributed by atoms with Crippen LogP contribution in [0.25, 0.3) is 0 Å². The van der Waals surface area contributed by atoms with E-state index in [1.165, 1.54) is 0 Å². The van der Waals surface area contributed by atoms with Gasteiger partial charge < -0.3 is 19.5 Å². The van der Waals surface area contributed by atoms with Crippen LogP contribution in [0.15, 0.2) is 12.2 Å². The van der Waals surface area contributed by atoms with Crippen molar-refractivity contribution < 1.29 is 19.5 Å². The monoisotopic (exact) mass is 313 g/mol. The standard InChI is InChI=1S/C18H35NO3/c1-5-8-9-10-11-17(20)15-19(12-6-2,13-7-3)14-16(4)18(21)22/h9-10,16-17,20H,5-8,11-15H2,1-4H3/b10-9+. The van der Waals surface area contributed by atoms with E-state index in [0.29, 0.717) is 24.0 Å². The quantitative estimate of drug-likeness (QED) is 0.418. The first-order valence-electron chi connectivity index (χ1n) is 8.79. The fourth-order valence-corrected chi connectivity index (χ4v) is 3.22. The van der Waals surface area contributed by atoms with Crippen LogP contribution in [0, 0.1) is 5.92 Å². The molecule has 0 saturated heterocycles. The first kappa shape index (κ1) is 21.1. The Kier molecular flexibility index (Phi) is 11.2. The number of carboxylic acids is 1. The number of rotatable bonds is 13. The van der Waals surface area contributed by atoms with E-state index in [1.54, 1.807) is 6.92 Å². The highest BCUT2D eigenvalue weighted by atomic mass is 16.4. The molecule has 0 aliphatic rings. The lowest BCUT2D eigenvalue weighted by Crippen LogP contribution is -2.57. The van der Waals surface area contributed by atoms with Crippen LogP contribution in [0.1, 0.15) is 59.8 Å². The summed E-state index contributed by atoms with van der Waals surface area (Å²) in [5.74, 6) is -1.48. The maximum atomic E-state index is 11.1. The molecular formula is C18H35NO3. The molecule has 0 radical (unpaired) electrons. The van der Waals surface area contributed by atoms with Crippen LogP contribution in [0.4, 0.5) is 0 Å². The lowest BCUT2D eigenvalue weighted by atomic mass is 10.1. The summed E-state index contributed by atoms with van der Waals surface area (Å²) in [6, 6.07) is 0. The highest BCUT2D eigenvalue weighted by Crippen LogP contribution is 2.17. The molecule has 0 aliphatic carbocycles. The molecule has 0 bridgehead atoms. The summed E-state index contributed by atoms with van der Waals surface area (Å²) in [7, 11) is 0. The zero-order chi connectivity index (χ0) is 17.0. The summed E-state index contributed by atoms with van der Waals surface area (Å²) in [6.07, 6.45) is 8.51. The molecule has 0 spiro atoms. The van der Waals surface area contributed by atoms with E-state index in [4.69, 9.17) is 0 Å². The van der Waals surface area contributed by atoms with E-state index < -0.39 is 18.0 Å². The molecule has 0 aromatic rings. The Balaban J connectivity index is 4.84. The van der Waals surface area contributed by atoms with E-state index in [2.05, 4.69) is 26.8 Å². The third kappa shape index (κ3) is 8.54. The van der Waals surface area contributed by atoms with Crippen molar-refractivity contribution in [2.45, 2.75) is 65.9 Å². The number of allylic oxidation sites excluding steroid dienone is 1. The smallest absolute Gasteiger partial charge is 0.106 e. The molecule has 0 rings (SSSR count). The topological polar surface area (TPSA) is 60.4 Å². The van der Waals surface area contributed by atoms with Gasteiger partial charge in [-0.05, 0) is 25.7 Å². The summed E-state index contributed by atoms with van der Waals surface area (Å²) in [5, 5.41) is 21.5. The third-order valence-electron chi connectivity index (χ3n) is 4.09. The Labute approximate surface area is 136 Å². The SMILES string of the molecule is CCC/C=C/CC(O)C[N+](CCC)(CCC)CC(C)C(=O)[O-]. The van der Waals surface area contributed by atoms with Crippen molar-refractivity contribution in [2.24, 2.45) is 5.92 Å². The van der Waals surface area contributed by atoms with Gasteiger partial charge in [0.1, 0.15) is 12.6 Å². The van der Waals surface area contributed by atoms with E-state index >= 15 is 0 Å². The van der Waals surface area contributed by atoms with Crippen LogP contribution in [0.3, 0.4) is 0 Å². The molecule has 4 heteroatoms. The van der Waals surface area contributed by atoms with Crippen molar-refractivity contribution in [2.75, 3.05) is 26.2 Å². The second kappa shape index (κ2) is 11.7. The number of aliphatic carboxylic acids is 1. The molecule has 0 fully saturated rings. The zero-order valence-electron chi connectivity index (χ0n) is 14.9. The number of nitrogens with zero attached hydrogens (tertiary/aromatic N) is 1. The van der Waals surface area contributed by atoms with E-state index in [9.17, 15) is 15.0 Å². The first-order chi connectivity index (χ1) is 10.4. The van der Waals surface area contributed by atoms with Gasteiger partial charge >= 0.3 is 0 Å². The van der Waals surface area contributed by atoms with E-state index in [-0.39, 0.29) is 0 Å². The van der Waals surface area contributed by atoms with Crippen molar-refractivity contribution in [1.29, 1.82) is 0 Å². The van der Waals surface area contributed by atoms with Crippen molar-refractivity contribution in [3.63, 3.8) is 0 Å². The molecule has 2 unspecified atom stereocenters. The number of carbonyl (C=O) groups is 1. The van der Waals surface area contributed by atoms with Gasteiger partial charge in [-0.15, -0.1) is 0 Å². The van der Waals surface area contributed by atoms with Crippen LogP contribution in [0.2, 0.25) is 0 Å². The molecule has 4 nitrogen and oxygen atoms in total. The van der Waals surface area contributed by atoms with E-state index in [0.717, 1.165) is 38.8 Å². The molecule has 0 heterocycles. The molecule has 1 N–H and O–H groups in total. The van der Waals surface area contributed by atoms with Crippen LogP contribution in [0.5, 0.6) is 0 Å². The minimum atomic E-state index is -0.993.